The zero-order chi connectivity index (χ0) is 101. The molecule has 740 valence electrons. The summed E-state index contributed by atoms with van der Waals surface area (Å²) in [5.74, 6) is -1.69. The van der Waals surface area contributed by atoms with Gasteiger partial charge in [-0.3, -0.25) is 24.0 Å². The van der Waals surface area contributed by atoms with Crippen molar-refractivity contribution in [2.45, 2.75) is 144 Å². The molecular formula is C104H117Cl3F3N15O10S5. The molecule has 13 N–H and O–H groups in total. The number of amides is 5. The van der Waals surface area contributed by atoms with Crippen molar-refractivity contribution in [3.63, 3.8) is 0 Å². The topological polar surface area (TPSA) is 354 Å². The number of thiazole rings is 5. The fourth-order valence-electron chi connectivity index (χ4n) is 15.3. The third-order valence-corrected chi connectivity index (χ3v) is 30.3. The molecule has 5 aliphatic carbocycles. The summed E-state index contributed by atoms with van der Waals surface area (Å²) in [6, 6.07) is 28.8. The summed E-state index contributed by atoms with van der Waals surface area (Å²) in [4.78, 5) is 94.7. The van der Waals surface area contributed by atoms with Crippen LogP contribution in [0.5, 0.6) is 0 Å². The first-order valence-electron chi connectivity index (χ1n) is 45.1. The van der Waals surface area contributed by atoms with E-state index in [2.05, 4.69) is 67.5 Å². The Morgan fingerprint density at radius 3 is 0.771 bits per heavy atom. The van der Waals surface area contributed by atoms with Crippen LogP contribution in [0.15, 0.2) is 192 Å². The van der Waals surface area contributed by atoms with Gasteiger partial charge in [0.05, 0.1) is 121 Å². The minimum atomic E-state index is -0.481. The van der Waals surface area contributed by atoms with Crippen molar-refractivity contribution >= 4 is 149 Å². The molecule has 36 heteroatoms. The van der Waals surface area contributed by atoms with E-state index < -0.39 is 5.82 Å². The fourth-order valence-corrected chi connectivity index (χ4v) is 20.5. The average molecular weight is 2060 g/mol. The Labute approximate surface area is 849 Å². The number of rotatable bonds is 35. The van der Waals surface area contributed by atoms with E-state index in [1.165, 1.54) is 80.9 Å². The van der Waals surface area contributed by atoms with Gasteiger partial charge in [0.2, 0.25) is 29.5 Å². The lowest BCUT2D eigenvalue weighted by Gasteiger charge is -2.21. The van der Waals surface area contributed by atoms with Crippen molar-refractivity contribution in [3.8, 4) is 0 Å². The molecular weight excluding hydrogens is 1940 g/mol. The molecule has 140 heavy (non-hydrogen) atoms. The Bertz CT molecular complexity index is 6310. The SMILES string of the molecule is CNCC(NC(=O)C1=CC=C(c2ccc(C)c(F)c2)C1)c1nc(C)c(CO)s1.CNCC(NC(=O)C1=CC=C(c2ccc(Cl)c(F)c2)C1)c1nc(C)c(CO)s1.CNCC(NC(=O)C1=CC=C(c2ccc(Cl)cc2)C1)c1nc(C)c(CO)s1.Cc1ccc(C2=CC=C(C(=O)NC(CN(C)C)c3nc(C)c(CO)s3)C2)cc1F.Cc1nc(C(CN(C)C)NC(=O)C2=CC=C(c3ccc(Cl)cc3)C2)sc1CO. The van der Waals surface area contributed by atoms with E-state index in [9.17, 15) is 62.7 Å². The highest BCUT2D eigenvalue weighted by molar-refractivity contribution is 7.13. The molecule has 5 unspecified atom stereocenters. The second-order valence-corrected chi connectivity index (χ2v) is 41.2. The van der Waals surface area contributed by atoms with Crippen molar-refractivity contribution in [1.82, 2.24) is 77.3 Å². The van der Waals surface area contributed by atoms with Gasteiger partial charge in [0, 0.05) is 103 Å². The van der Waals surface area contributed by atoms with E-state index in [1.54, 1.807) is 57.3 Å². The number of halogens is 6. The Morgan fingerprint density at radius 1 is 0.329 bits per heavy atom. The number of allylic oxidation sites excluding steroid dienone is 15. The van der Waals surface area contributed by atoms with E-state index in [0.717, 1.165) is 139 Å². The molecule has 5 aliphatic rings. The maximum Gasteiger partial charge on any atom is 0.248 e. The van der Waals surface area contributed by atoms with Gasteiger partial charge >= 0.3 is 0 Å². The predicted molar refractivity (Wildman–Crippen MR) is 557 cm³/mol. The lowest BCUT2D eigenvalue weighted by Crippen LogP contribution is -2.35. The zero-order valence-electron chi connectivity index (χ0n) is 80.3. The van der Waals surface area contributed by atoms with E-state index in [4.69, 9.17) is 34.8 Å². The van der Waals surface area contributed by atoms with Crippen LogP contribution >= 0.6 is 91.5 Å². The van der Waals surface area contributed by atoms with Crippen molar-refractivity contribution in [3.05, 3.63) is 341 Å². The summed E-state index contributed by atoms with van der Waals surface area (Å²) in [6.07, 6.45) is 21.1. The quantitative estimate of drug-likeness (QED) is 0.0175. The third-order valence-electron chi connectivity index (χ3n) is 23.2. The number of carbonyl (C=O) groups excluding carboxylic acids is 5. The highest BCUT2D eigenvalue weighted by Gasteiger charge is 2.32. The smallest absolute Gasteiger partial charge is 0.248 e. The molecule has 5 atom stereocenters. The van der Waals surface area contributed by atoms with Crippen molar-refractivity contribution in [1.29, 1.82) is 0 Å². The van der Waals surface area contributed by atoms with Crippen LogP contribution in [0.2, 0.25) is 15.1 Å². The van der Waals surface area contributed by atoms with E-state index >= 15 is 0 Å². The first-order chi connectivity index (χ1) is 67.0. The standard InChI is InChI=1S/C22H26FN3O2S.C21H24ClN3O2S.C21H24FN3O2S.C20H21ClFN3O2S.C20H22ClN3O2S/c1-13-5-6-16(10-18(13)23)15-7-8-17(9-15)21(28)25-19(11-26(3)4)22-24-14(2)20(12-27)29-22;1-13-19(12-26)28-21(23-13)18(11-25(2)3)24-20(27)16-5-4-15(10-16)14-6-8-17(22)9-7-14;1-12-4-5-15(9-17(12)22)14-6-7-16(8-14)20(27)25-18(10-23-3)21-24-13(2)19(11-26)28-21;1-11-18(10-26)28-20(24-11)17(9-23-2)25-19(27)14-4-3-12(7-14)13-5-6-15(21)16(22)8-13;1-12-18(11-25)27-20(23-12)17(10-22-2)24-19(26)15-4-3-14(9-15)13-5-7-16(21)8-6-13/h5-8,10,19,27H,9,11-12H2,1-4H3,(H,25,28);4-9,18,26H,10-12H2,1-3H3,(H,24,27);4-7,9,18,23,26H,8,10-11H2,1-3H3,(H,25,27);3-6,8,17,23,26H,7,9-10H2,1-2H3,(H,25,27);3-8,17,22,25H,9-11H2,1-2H3,(H,24,26). The molecule has 10 aromatic rings. The van der Waals surface area contributed by atoms with Gasteiger partial charge in [-0.2, -0.15) is 0 Å². The second kappa shape index (κ2) is 52.3. The van der Waals surface area contributed by atoms with Gasteiger partial charge in [0.1, 0.15) is 42.5 Å². The molecule has 0 bridgehead atoms. The molecule has 0 radical (unpaired) electrons. The molecule has 0 spiro atoms. The van der Waals surface area contributed by atoms with Gasteiger partial charge in [0.15, 0.2) is 0 Å². The van der Waals surface area contributed by atoms with Crippen LogP contribution in [0.1, 0.15) is 179 Å². The Morgan fingerprint density at radius 2 is 0.550 bits per heavy atom. The highest BCUT2D eigenvalue weighted by atomic mass is 35.5. The van der Waals surface area contributed by atoms with Gasteiger partial charge in [-0.25, -0.2) is 38.1 Å². The van der Waals surface area contributed by atoms with Crippen molar-refractivity contribution < 1.29 is 62.7 Å². The Hall–Kier alpha value is -10.7. The molecule has 0 fully saturated rings. The van der Waals surface area contributed by atoms with Gasteiger partial charge in [-0.15, -0.1) is 56.7 Å². The monoisotopic (exact) mass is 2060 g/mol. The maximum atomic E-state index is 13.9. The molecule has 15 rings (SSSR count). The van der Waals surface area contributed by atoms with Crippen LogP contribution < -0.4 is 42.5 Å². The molecule has 0 saturated carbocycles. The van der Waals surface area contributed by atoms with Crippen molar-refractivity contribution in [2.24, 2.45) is 0 Å². The Kier molecular flexibility index (Phi) is 41.0. The summed E-state index contributed by atoms with van der Waals surface area (Å²) in [6.45, 7) is 15.3. The number of aliphatic hydroxyl groups is 5. The number of likely N-dealkylation sites (N-methyl/N-ethyl adjacent to an activating group) is 5. The second-order valence-electron chi connectivity index (χ2n) is 34.3. The maximum absolute atomic E-state index is 13.9. The third kappa shape index (κ3) is 30.0. The lowest BCUT2D eigenvalue weighted by molar-refractivity contribution is -0.119. The number of nitrogens with one attached hydrogen (secondary N) is 8. The molecule has 25 nitrogen and oxygen atoms in total. The number of hydrogen-bond acceptors (Lipinski definition) is 25. The van der Waals surface area contributed by atoms with Crippen LogP contribution in [0, 0.1) is 65.9 Å². The summed E-state index contributed by atoms with van der Waals surface area (Å²) < 4.78 is 41.4. The van der Waals surface area contributed by atoms with E-state index in [1.807, 2.05) is 190 Å². The van der Waals surface area contributed by atoms with Crippen LogP contribution in [0.25, 0.3) is 27.9 Å². The lowest BCUT2D eigenvalue weighted by atomic mass is 10.0. The number of aryl methyl sites for hydroxylation is 7. The van der Waals surface area contributed by atoms with Gasteiger partial charge in [0.25, 0.3) is 0 Å². The molecule has 5 heterocycles. The molecule has 0 saturated heterocycles. The molecule has 5 amide bonds. The summed E-state index contributed by atoms with van der Waals surface area (Å²) in [5, 5.41) is 76.9. The first kappa shape index (κ1) is 110. The van der Waals surface area contributed by atoms with Gasteiger partial charge in [-0.05, 0) is 213 Å². The highest BCUT2D eigenvalue weighted by Crippen LogP contribution is 2.39. The molecule has 5 aromatic carbocycles. The van der Waals surface area contributed by atoms with Crippen LogP contribution in [0.3, 0.4) is 0 Å². The number of benzene rings is 5. The van der Waals surface area contributed by atoms with Gasteiger partial charge in [-0.1, -0.05) is 150 Å². The van der Waals surface area contributed by atoms with Gasteiger partial charge < -0.3 is 77.9 Å². The number of nitrogens with zero attached hydrogens (tertiary/aromatic N) is 7. The number of aromatic nitrogens is 5. The molecule has 5 aromatic heterocycles. The fraction of sp³-hybridized carbons (Fsp3) is 0.327. The zero-order valence-corrected chi connectivity index (χ0v) is 86.6. The van der Waals surface area contributed by atoms with Crippen LogP contribution in [0.4, 0.5) is 13.2 Å². The number of carbonyl (C=O) groups is 5. The minimum Gasteiger partial charge on any atom is -0.391 e. The number of aliphatic hydroxyl groups excluding tert-OH is 5. The summed E-state index contributed by atoms with van der Waals surface area (Å²) in [7, 11) is 13.2. The van der Waals surface area contributed by atoms with E-state index in [0.29, 0.717) is 108 Å². The summed E-state index contributed by atoms with van der Waals surface area (Å²) in [5.41, 5.74) is 17.8. The van der Waals surface area contributed by atoms with Crippen molar-refractivity contribution in [2.75, 3.05) is 82.1 Å². The Balaban J connectivity index is 0.000000167. The van der Waals surface area contributed by atoms with E-state index in [-0.39, 0.29) is 109 Å². The first-order valence-corrected chi connectivity index (χ1v) is 50.4. The minimum absolute atomic E-state index is 0.0361. The van der Waals surface area contributed by atoms with Crippen LogP contribution in [-0.2, 0) is 57.0 Å². The van der Waals surface area contributed by atoms with Crippen LogP contribution in [-0.4, -0.2) is 172 Å². The number of hydrogen-bond donors (Lipinski definition) is 13. The summed E-state index contributed by atoms with van der Waals surface area (Å²) >= 11 is 24.7. The average Bonchev–Trinajstić information content (AvgIpc) is 1.64. The molecule has 0 aliphatic heterocycles. The normalized spacial score (nSPS) is 14.7. The largest absolute Gasteiger partial charge is 0.391 e. The predicted octanol–water partition coefficient (Wildman–Crippen LogP) is 17.3.